The molecule has 0 bridgehead atoms. The molecule has 2 fully saturated rings. The van der Waals surface area contributed by atoms with Gasteiger partial charge in [0.15, 0.2) is 0 Å². The maximum atomic E-state index is 12.8. The summed E-state index contributed by atoms with van der Waals surface area (Å²) in [7, 11) is 0. The lowest BCUT2D eigenvalue weighted by molar-refractivity contribution is 0.122. The lowest BCUT2D eigenvalue weighted by Crippen LogP contribution is -2.43. The van der Waals surface area contributed by atoms with E-state index >= 15 is 0 Å². The van der Waals surface area contributed by atoms with Gasteiger partial charge in [-0.15, -0.1) is 0 Å². The van der Waals surface area contributed by atoms with Crippen molar-refractivity contribution in [2.24, 2.45) is 0 Å². The van der Waals surface area contributed by atoms with Crippen molar-refractivity contribution in [2.45, 2.75) is 37.6 Å². The van der Waals surface area contributed by atoms with Crippen LogP contribution in [0, 0.1) is 0 Å². The van der Waals surface area contributed by atoms with Crippen molar-refractivity contribution in [3.05, 3.63) is 56.5 Å². The van der Waals surface area contributed by atoms with Crippen LogP contribution in [0.25, 0.3) is 0 Å². The molecule has 3 heterocycles. The smallest absolute Gasteiger partial charge is 0.255 e. The highest BCUT2D eigenvalue weighted by Crippen LogP contribution is 2.44. The molecule has 29 heavy (non-hydrogen) atoms. The third kappa shape index (κ3) is 3.58. The Kier molecular flexibility index (Phi) is 5.10. The van der Waals surface area contributed by atoms with E-state index in [4.69, 9.17) is 21.3 Å². The van der Waals surface area contributed by atoms with Gasteiger partial charge in [-0.05, 0) is 50.4 Å². The van der Waals surface area contributed by atoms with Crippen molar-refractivity contribution < 1.29 is 4.74 Å². The molecule has 2 aromatic rings. The highest BCUT2D eigenvalue weighted by atomic mass is 35.5. The highest BCUT2D eigenvalue weighted by molar-refractivity contribution is 6.31. The van der Waals surface area contributed by atoms with Gasteiger partial charge in [-0.25, -0.2) is 4.98 Å². The van der Waals surface area contributed by atoms with Gasteiger partial charge >= 0.3 is 0 Å². The number of hydrogen-bond acceptors (Lipinski definition) is 5. The molecule has 6 nitrogen and oxygen atoms in total. The van der Waals surface area contributed by atoms with Crippen LogP contribution in [0.3, 0.4) is 0 Å². The van der Waals surface area contributed by atoms with Crippen molar-refractivity contribution in [1.29, 1.82) is 0 Å². The molecule has 0 radical (unpaired) electrons. The van der Waals surface area contributed by atoms with Gasteiger partial charge in [0.1, 0.15) is 0 Å². The second kappa shape index (κ2) is 7.74. The summed E-state index contributed by atoms with van der Waals surface area (Å²) >= 11 is 6.35. The summed E-state index contributed by atoms with van der Waals surface area (Å²) < 4.78 is 5.45. The molecule has 154 valence electrons. The zero-order valence-corrected chi connectivity index (χ0v) is 17.4. The number of likely N-dealkylation sites (tertiary alicyclic amines) is 1. The van der Waals surface area contributed by atoms with Crippen LogP contribution in [0.2, 0.25) is 5.02 Å². The largest absolute Gasteiger partial charge is 0.378 e. The zero-order valence-electron chi connectivity index (χ0n) is 16.6. The second-order valence-corrected chi connectivity index (χ2v) is 8.87. The fourth-order valence-electron chi connectivity index (χ4n) is 5.06. The molecule has 1 aromatic carbocycles. The Hall–Kier alpha value is -1.89. The van der Waals surface area contributed by atoms with E-state index in [9.17, 15) is 4.79 Å². The molecule has 1 spiro atoms. The Labute approximate surface area is 175 Å². The van der Waals surface area contributed by atoms with Crippen LogP contribution >= 0.6 is 11.6 Å². The van der Waals surface area contributed by atoms with Gasteiger partial charge in [-0.1, -0.05) is 29.8 Å². The minimum atomic E-state index is 0.0433. The van der Waals surface area contributed by atoms with Crippen molar-refractivity contribution in [2.75, 3.05) is 44.3 Å². The van der Waals surface area contributed by atoms with Crippen LogP contribution in [-0.4, -0.2) is 54.3 Å². The minimum Gasteiger partial charge on any atom is -0.378 e. The lowest BCUT2D eigenvalue weighted by Gasteiger charge is -2.39. The van der Waals surface area contributed by atoms with E-state index in [1.807, 2.05) is 18.2 Å². The molecule has 1 aromatic heterocycles. The molecule has 2 saturated heterocycles. The van der Waals surface area contributed by atoms with E-state index in [0.717, 1.165) is 80.6 Å². The molecule has 0 atom stereocenters. The molecule has 7 heteroatoms. The summed E-state index contributed by atoms with van der Waals surface area (Å²) in [5, 5.41) is 0.836. The summed E-state index contributed by atoms with van der Waals surface area (Å²) in [6.45, 7) is 5.81. The van der Waals surface area contributed by atoms with Gasteiger partial charge in [0.05, 0.1) is 18.9 Å². The topological polar surface area (TPSA) is 61.5 Å². The average Bonchev–Trinajstić information content (AvgIpc) is 3.11. The number of aromatic amines is 1. The van der Waals surface area contributed by atoms with Gasteiger partial charge in [-0.3, -0.25) is 14.7 Å². The number of halogens is 1. The number of nitrogens with one attached hydrogen (secondary N) is 1. The van der Waals surface area contributed by atoms with Crippen molar-refractivity contribution in [1.82, 2.24) is 14.9 Å². The molecule has 0 saturated carbocycles. The predicted octanol–water partition coefficient (Wildman–Crippen LogP) is 2.74. The van der Waals surface area contributed by atoms with Gasteiger partial charge in [0, 0.05) is 35.6 Å². The number of aromatic nitrogens is 2. The molecular formula is C22H27ClN4O2. The summed E-state index contributed by atoms with van der Waals surface area (Å²) in [5.41, 5.74) is 3.23. The fraction of sp³-hybridized carbons (Fsp3) is 0.545. The molecule has 2 aliphatic heterocycles. The standard InChI is InChI=1S/C22H27ClN4O2/c23-18-4-2-1-3-16(18)15-26-9-7-22(8-10-26)6-5-17-19(22)24-21(25-20(17)28)27-11-13-29-14-12-27/h1-4H,5-15H2,(H,24,25,28). The molecule has 3 aliphatic rings. The van der Waals surface area contributed by atoms with Crippen molar-refractivity contribution >= 4 is 17.5 Å². The zero-order chi connectivity index (χ0) is 19.8. The molecule has 1 N–H and O–H groups in total. The second-order valence-electron chi connectivity index (χ2n) is 8.46. The molecule has 0 unspecified atom stereocenters. The van der Waals surface area contributed by atoms with E-state index < -0.39 is 0 Å². The van der Waals surface area contributed by atoms with Gasteiger partial charge in [0.2, 0.25) is 5.95 Å². The minimum absolute atomic E-state index is 0.0433. The third-order valence-corrected chi connectivity index (χ3v) is 7.20. The third-order valence-electron chi connectivity index (χ3n) is 6.83. The number of H-pyrrole nitrogens is 1. The van der Waals surface area contributed by atoms with E-state index in [0.29, 0.717) is 13.2 Å². The lowest BCUT2D eigenvalue weighted by atomic mass is 9.76. The number of hydrogen-bond donors (Lipinski definition) is 1. The van der Waals surface area contributed by atoms with Crippen LogP contribution in [0.4, 0.5) is 5.95 Å². The van der Waals surface area contributed by atoms with E-state index in [2.05, 4.69) is 20.9 Å². The summed E-state index contributed by atoms with van der Waals surface area (Å²) in [4.78, 5) is 25.4. The molecule has 0 amide bonds. The number of fused-ring (bicyclic) bond motifs is 2. The molecule has 1 aliphatic carbocycles. The Balaban J connectivity index is 1.35. The first-order valence-electron chi connectivity index (χ1n) is 10.6. The highest BCUT2D eigenvalue weighted by Gasteiger charge is 2.44. The summed E-state index contributed by atoms with van der Waals surface area (Å²) in [5.74, 6) is 0.719. The van der Waals surface area contributed by atoms with Crippen LogP contribution in [-0.2, 0) is 23.1 Å². The van der Waals surface area contributed by atoms with Crippen LogP contribution < -0.4 is 10.5 Å². The number of benzene rings is 1. The van der Waals surface area contributed by atoms with Crippen LogP contribution in [0.15, 0.2) is 29.1 Å². The number of ether oxygens (including phenoxy) is 1. The van der Waals surface area contributed by atoms with Gasteiger partial charge in [0.25, 0.3) is 5.56 Å². The monoisotopic (exact) mass is 414 g/mol. The quantitative estimate of drug-likeness (QED) is 0.836. The predicted molar refractivity (Wildman–Crippen MR) is 114 cm³/mol. The van der Waals surface area contributed by atoms with Gasteiger partial charge < -0.3 is 9.64 Å². The average molecular weight is 415 g/mol. The number of morpholine rings is 1. The Morgan fingerprint density at radius 2 is 1.86 bits per heavy atom. The van der Waals surface area contributed by atoms with E-state index in [1.54, 1.807) is 0 Å². The number of piperidine rings is 1. The van der Waals surface area contributed by atoms with Crippen molar-refractivity contribution in [3.8, 4) is 0 Å². The first-order chi connectivity index (χ1) is 14.1. The summed E-state index contributed by atoms with van der Waals surface area (Å²) in [6.07, 6.45) is 3.96. The van der Waals surface area contributed by atoms with E-state index in [-0.39, 0.29) is 11.0 Å². The number of anilines is 1. The van der Waals surface area contributed by atoms with Crippen LogP contribution in [0.5, 0.6) is 0 Å². The van der Waals surface area contributed by atoms with Crippen LogP contribution in [0.1, 0.15) is 36.1 Å². The van der Waals surface area contributed by atoms with E-state index in [1.165, 1.54) is 5.56 Å². The maximum Gasteiger partial charge on any atom is 0.255 e. The first kappa shape index (κ1) is 19.1. The van der Waals surface area contributed by atoms with Crippen molar-refractivity contribution in [3.63, 3.8) is 0 Å². The Morgan fingerprint density at radius 3 is 2.62 bits per heavy atom. The Morgan fingerprint density at radius 1 is 1.10 bits per heavy atom. The summed E-state index contributed by atoms with van der Waals surface area (Å²) in [6, 6.07) is 8.08. The number of rotatable bonds is 3. The molecular weight excluding hydrogens is 388 g/mol. The maximum absolute atomic E-state index is 12.8. The Bertz CT molecular complexity index is 946. The SMILES string of the molecule is O=c1[nH]c(N2CCOCC2)nc2c1CCC21CCN(Cc2ccccc2Cl)CC1. The fourth-order valence-corrected chi connectivity index (χ4v) is 5.25. The number of nitrogens with zero attached hydrogens (tertiary/aromatic N) is 3. The normalized spacial score (nSPS) is 21.5. The van der Waals surface area contributed by atoms with Gasteiger partial charge in [-0.2, -0.15) is 0 Å². The molecule has 5 rings (SSSR count). The first-order valence-corrected chi connectivity index (χ1v) is 10.9.